The molecular formula is C34H29NO3. The molecule has 0 unspecified atom stereocenters. The Morgan fingerprint density at radius 2 is 1.21 bits per heavy atom. The first-order chi connectivity index (χ1) is 18.4. The van der Waals surface area contributed by atoms with E-state index < -0.39 is 23.5 Å². The fraction of sp³-hybridized carbons (Fsp3) is 0.176. The molecule has 1 aliphatic heterocycles. The SMILES string of the molecule is C[C@@H](C(=O)OC(c1cccc2ccccc12)c1cccc2ccccc12)N1C(=O)C(C)(C)c2ccccc21. The molecule has 0 radical (unpaired) electrons. The van der Waals surface area contributed by atoms with Crippen LogP contribution in [0.15, 0.2) is 109 Å². The lowest BCUT2D eigenvalue weighted by Crippen LogP contribution is -2.46. The van der Waals surface area contributed by atoms with Gasteiger partial charge in [0.15, 0.2) is 6.10 Å². The molecule has 4 nitrogen and oxygen atoms in total. The first kappa shape index (κ1) is 23.9. The number of hydrogen-bond donors (Lipinski definition) is 0. The Labute approximate surface area is 222 Å². The maximum absolute atomic E-state index is 13.9. The lowest BCUT2D eigenvalue weighted by Gasteiger charge is -2.28. The van der Waals surface area contributed by atoms with E-state index in [1.807, 2.05) is 86.6 Å². The van der Waals surface area contributed by atoms with Crippen LogP contribution in [0.5, 0.6) is 0 Å². The molecule has 0 saturated heterocycles. The van der Waals surface area contributed by atoms with Crippen LogP contribution < -0.4 is 4.90 Å². The Morgan fingerprint density at radius 1 is 0.711 bits per heavy atom. The topological polar surface area (TPSA) is 46.6 Å². The van der Waals surface area contributed by atoms with E-state index in [2.05, 4.69) is 36.4 Å². The average molecular weight is 500 g/mol. The number of carbonyl (C=O) groups excluding carboxylic acids is 2. The first-order valence-electron chi connectivity index (χ1n) is 13.0. The number of anilines is 1. The van der Waals surface area contributed by atoms with Gasteiger partial charge in [-0.15, -0.1) is 0 Å². The number of esters is 1. The van der Waals surface area contributed by atoms with Crippen LogP contribution in [0, 0.1) is 0 Å². The van der Waals surface area contributed by atoms with Gasteiger partial charge in [-0.25, -0.2) is 4.79 Å². The fourth-order valence-electron chi connectivity index (χ4n) is 5.70. The lowest BCUT2D eigenvalue weighted by molar-refractivity contribution is -0.149. The summed E-state index contributed by atoms with van der Waals surface area (Å²) in [5.74, 6) is -0.549. The van der Waals surface area contributed by atoms with Gasteiger partial charge in [-0.2, -0.15) is 0 Å². The van der Waals surface area contributed by atoms with Gasteiger partial charge in [0.05, 0.1) is 5.41 Å². The third-order valence-corrected chi connectivity index (χ3v) is 7.76. The summed E-state index contributed by atoms with van der Waals surface area (Å²) >= 11 is 0. The molecule has 0 aliphatic carbocycles. The fourth-order valence-corrected chi connectivity index (χ4v) is 5.70. The molecule has 0 N–H and O–H groups in total. The van der Waals surface area contributed by atoms with Crippen LogP contribution in [0.3, 0.4) is 0 Å². The number of rotatable bonds is 5. The third-order valence-electron chi connectivity index (χ3n) is 7.76. The van der Waals surface area contributed by atoms with Crippen LogP contribution in [0.2, 0.25) is 0 Å². The molecule has 1 heterocycles. The van der Waals surface area contributed by atoms with Crippen LogP contribution in [0.1, 0.15) is 43.6 Å². The van der Waals surface area contributed by atoms with Gasteiger partial charge >= 0.3 is 5.97 Å². The van der Waals surface area contributed by atoms with Gasteiger partial charge in [-0.1, -0.05) is 103 Å². The Balaban J connectivity index is 1.45. The average Bonchev–Trinajstić information content (AvgIpc) is 3.15. The number of fused-ring (bicyclic) bond motifs is 3. The van der Waals surface area contributed by atoms with Crippen LogP contribution in [-0.2, 0) is 19.7 Å². The largest absolute Gasteiger partial charge is 0.451 e. The molecule has 1 amide bonds. The molecule has 1 atom stereocenters. The molecule has 5 aromatic rings. The van der Waals surface area contributed by atoms with Gasteiger partial charge in [0.2, 0.25) is 5.91 Å². The van der Waals surface area contributed by atoms with Crippen LogP contribution in [0.25, 0.3) is 21.5 Å². The number of ether oxygens (including phenoxy) is 1. The standard InChI is InChI=1S/C34H29NO3/c1-22(35-30-21-9-8-20-29(30)34(2,3)33(35)37)32(36)38-31(27-18-10-14-23-12-4-6-16-25(23)27)28-19-11-15-24-13-5-7-17-26(24)28/h4-22,31H,1-3H3/t22-/m0/s1. The molecular weight excluding hydrogens is 470 g/mol. The first-order valence-corrected chi connectivity index (χ1v) is 13.0. The van der Waals surface area contributed by atoms with Crippen molar-refractivity contribution < 1.29 is 14.3 Å². The van der Waals surface area contributed by atoms with Gasteiger partial charge in [-0.05, 0) is 53.9 Å². The zero-order valence-corrected chi connectivity index (χ0v) is 21.7. The maximum atomic E-state index is 13.9. The minimum atomic E-state index is -0.794. The second kappa shape index (κ2) is 9.14. The highest BCUT2D eigenvalue weighted by Gasteiger charge is 2.47. The minimum absolute atomic E-state index is 0.102. The normalized spacial score (nSPS) is 15.2. The van der Waals surface area contributed by atoms with E-state index in [-0.39, 0.29) is 5.91 Å². The van der Waals surface area contributed by atoms with Crippen molar-refractivity contribution in [2.45, 2.75) is 38.3 Å². The minimum Gasteiger partial charge on any atom is -0.451 e. The van der Waals surface area contributed by atoms with Crippen molar-refractivity contribution in [1.29, 1.82) is 0 Å². The summed E-state index contributed by atoms with van der Waals surface area (Å²) in [6, 6.07) is 35.3. The van der Waals surface area contributed by atoms with Crippen molar-refractivity contribution in [3.05, 3.63) is 126 Å². The van der Waals surface area contributed by atoms with E-state index in [1.54, 1.807) is 11.8 Å². The number of benzene rings is 5. The molecule has 0 saturated carbocycles. The second-order valence-electron chi connectivity index (χ2n) is 10.4. The van der Waals surface area contributed by atoms with E-state index in [4.69, 9.17) is 4.74 Å². The monoisotopic (exact) mass is 499 g/mol. The summed E-state index contributed by atoms with van der Waals surface area (Å²) in [4.78, 5) is 29.0. The van der Waals surface area contributed by atoms with Gasteiger partial charge in [0.1, 0.15) is 6.04 Å². The predicted molar refractivity (Wildman–Crippen MR) is 152 cm³/mol. The molecule has 0 aromatic heterocycles. The van der Waals surface area contributed by atoms with Crippen molar-refractivity contribution in [1.82, 2.24) is 0 Å². The summed E-state index contributed by atoms with van der Waals surface area (Å²) < 4.78 is 6.41. The van der Waals surface area contributed by atoms with Gasteiger partial charge < -0.3 is 4.74 Å². The molecule has 6 rings (SSSR count). The van der Waals surface area contributed by atoms with Gasteiger partial charge in [0.25, 0.3) is 0 Å². The van der Waals surface area contributed by atoms with Crippen molar-refractivity contribution in [3.8, 4) is 0 Å². The third kappa shape index (κ3) is 3.76. The van der Waals surface area contributed by atoms with E-state index in [9.17, 15) is 9.59 Å². The van der Waals surface area contributed by atoms with Crippen LogP contribution in [0.4, 0.5) is 5.69 Å². The van der Waals surface area contributed by atoms with Crippen LogP contribution in [-0.4, -0.2) is 17.9 Å². The molecule has 5 aromatic carbocycles. The maximum Gasteiger partial charge on any atom is 0.329 e. The van der Waals surface area contributed by atoms with Crippen molar-refractivity contribution >= 4 is 39.1 Å². The highest BCUT2D eigenvalue weighted by atomic mass is 16.5. The number of para-hydroxylation sites is 1. The summed E-state index contributed by atoms with van der Waals surface area (Å²) in [5, 5.41) is 4.20. The van der Waals surface area contributed by atoms with E-state index in [0.29, 0.717) is 0 Å². The van der Waals surface area contributed by atoms with Gasteiger partial charge in [-0.3, -0.25) is 9.69 Å². The summed E-state index contributed by atoms with van der Waals surface area (Å²) in [6.45, 7) is 5.56. The molecule has 1 aliphatic rings. The predicted octanol–water partition coefficient (Wildman–Crippen LogP) is 7.34. The van der Waals surface area contributed by atoms with E-state index in [1.165, 1.54) is 0 Å². The number of amides is 1. The molecule has 38 heavy (non-hydrogen) atoms. The van der Waals surface area contributed by atoms with Gasteiger partial charge in [0, 0.05) is 16.8 Å². The Bertz CT molecular complexity index is 1610. The van der Waals surface area contributed by atoms with Crippen molar-refractivity contribution in [2.75, 3.05) is 4.90 Å². The Morgan fingerprint density at radius 3 is 1.82 bits per heavy atom. The number of nitrogens with zero attached hydrogens (tertiary/aromatic N) is 1. The van der Waals surface area contributed by atoms with Crippen LogP contribution >= 0.6 is 0 Å². The smallest absolute Gasteiger partial charge is 0.329 e. The van der Waals surface area contributed by atoms with E-state index in [0.717, 1.165) is 43.9 Å². The highest BCUT2D eigenvalue weighted by molar-refractivity contribution is 6.10. The molecule has 188 valence electrons. The summed E-state index contributed by atoms with van der Waals surface area (Å²) in [6.07, 6.45) is -0.650. The molecule has 0 bridgehead atoms. The van der Waals surface area contributed by atoms with Crippen molar-refractivity contribution in [2.24, 2.45) is 0 Å². The van der Waals surface area contributed by atoms with E-state index >= 15 is 0 Å². The van der Waals surface area contributed by atoms with Crippen molar-refractivity contribution in [3.63, 3.8) is 0 Å². The zero-order valence-electron chi connectivity index (χ0n) is 21.7. The quantitative estimate of drug-likeness (QED) is 0.238. The molecule has 0 fully saturated rings. The molecule has 0 spiro atoms. The number of hydrogen-bond acceptors (Lipinski definition) is 3. The molecule has 4 heteroatoms. The second-order valence-corrected chi connectivity index (χ2v) is 10.4. The zero-order chi connectivity index (χ0) is 26.4. The lowest BCUT2D eigenvalue weighted by atomic mass is 9.86. The summed E-state index contributed by atoms with van der Waals surface area (Å²) in [5.41, 5.74) is 2.79. The number of carbonyl (C=O) groups is 2. The summed E-state index contributed by atoms with van der Waals surface area (Å²) in [7, 11) is 0. The highest BCUT2D eigenvalue weighted by Crippen LogP contribution is 2.43. The Kier molecular flexibility index (Phi) is 5.76. The Hall–Kier alpha value is -4.44.